The molecule has 0 unspecified atom stereocenters. The molecule has 1 saturated heterocycles. The fourth-order valence-electron chi connectivity index (χ4n) is 3.70. The highest BCUT2D eigenvalue weighted by molar-refractivity contribution is 6.03. The average molecular weight is 393 g/mol. The molecule has 1 aliphatic rings. The van der Waals surface area contributed by atoms with Crippen LogP contribution in [0.1, 0.15) is 31.9 Å². The maximum Gasteiger partial charge on any atom is 0.420 e. The minimum atomic E-state index is -0.438. The third-order valence-corrected chi connectivity index (χ3v) is 5.24. The van der Waals surface area contributed by atoms with Gasteiger partial charge in [-0.25, -0.2) is 4.79 Å². The van der Waals surface area contributed by atoms with Crippen molar-refractivity contribution in [2.24, 2.45) is 5.92 Å². The Bertz CT molecular complexity index is 1140. The number of aromatic nitrogens is 1. The first-order valence-electron chi connectivity index (χ1n) is 9.66. The smallest absolute Gasteiger partial charge is 0.408 e. The van der Waals surface area contributed by atoms with Gasteiger partial charge in [0.05, 0.1) is 11.4 Å². The average Bonchev–Trinajstić information content (AvgIpc) is 3.21. The molecular weight excluding hydrogens is 370 g/mol. The van der Waals surface area contributed by atoms with E-state index in [1.807, 2.05) is 45.0 Å². The monoisotopic (exact) mass is 393 g/mol. The van der Waals surface area contributed by atoms with E-state index in [0.29, 0.717) is 23.3 Å². The first kappa shape index (κ1) is 19.0. The lowest BCUT2D eigenvalue weighted by molar-refractivity contribution is -0.122. The van der Waals surface area contributed by atoms with Crippen LogP contribution in [0, 0.1) is 12.8 Å². The van der Waals surface area contributed by atoms with Gasteiger partial charge in [0.15, 0.2) is 5.58 Å². The lowest BCUT2D eigenvalue weighted by atomic mass is 10.1. The molecule has 4 rings (SSSR count). The molecule has 7 heteroatoms. The molecule has 1 aliphatic heterocycles. The number of nitrogens with zero attached hydrogens (tertiary/aromatic N) is 2. The first-order chi connectivity index (χ1) is 13.8. The van der Waals surface area contributed by atoms with E-state index in [4.69, 9.17) is 4.42 Å². The van der Waals surface area contributed by atoms with E-state index in [1.54, 1.807) is 27.7 Å². The number of oxazole rings is 1. The van der Waals surface area contributed by atoms with E-state index in [2.05, 4.69) is 5.32 Å². The lowest BCUT2D eigenvalue weighted by Crippen LogP contribution is -2.28. The highest BCUT2D eigenvalue weighted by Crippen LogP contribution is 2.27. The van der Waals surface area contributed by atoms with Gasteiger partial charge >= 0.3 is 5.76 Å². The molecule has 150 valence electrons. The predicted octanol–water partition coefficient (Wildman–Crippen LogP) is 3.48. The molecule has 0 saturated carbocycles. The number of carbonyl (C=O) groups excluding carboxylic acids is 2. The number of hydrogen-bond acceptors (Lipinski definition) is 4. The Kier molecular flexibility index (Phi) is 4.74. The van der Waals surface area contributed by atoms with Gasteiger partial charge < -0.3 is 14.6 Å². The summed E-state index contributed by atoms with van der Waals surface area (Å²) >= 11 is 0. The van der Waals surface area contributed by atoms with Crippen molar-refractivity contribution in [3.63, 3.8) is 0 Å². The number of carbonyl (C=O) groups is 2. The van der Waals surface area contributed by atoms with Gasteiger partial charge in [-0.1, -0.05) is 17.7 Å². The van der Waals surface area contributed by atoms with E-state index in [0.717, 1.165) is 11.3 Å². The zero-order valence-electron chi connectivity index (χ0n) is 16.6. The molecule has 0 radical (unpaired) electrons. The van der Waals surface area contributed by atoms with Gasteiger partial charge in [-0.15, -0.1) is 0 Å². The van der Waals surface area contributed by atoms with Crippen LogP contribution in [0.25, 0.3) is 11.1 Å². The molecule has 1 atom stereocenters. The summed E-state index contributed by atoms with van der Waals surface area (Å²) < 4.78 is 6.87. The summed E-state index contributed by atoms with van der Waals surface area (Å²) in [6, 6.07) is 12.8. The Morgan fingerprint density at radius 1 is 1.14 bits per heavy atom. The van der Waals surface area contributed by atoms with Gasteiger partial charge in [0, 0.05) is 36.4 Å². The molecule has 3 aromatic rings. The summed E-state index contributed by atoms with van der Waals surface area (Å²) in [7, 11) is 0. The van der Waals surface area contributed by atoms with Gasteiger partial charge in [0.25, 0.3) is 0 Å². The SMILES string of the molecule is Cc1ccc(N2C[C@H](C(=O)Nc3ccc4c(c3)oc(=O)n4C(C)C)CC2=O)cc1. The van der Waals surface area contributed by atoms with Crippen LogP contribution in [0.15, 0.2) is 51.7 Å². The Morgan fingerprint density at radius 3 is 2.55 bits per heavy atom. The Labute approximate surface area is 167 Å². The van der Waals surface area contributed by atoms with Crippen molar-refractivity contribution >= 4 is 34.3 Å². The Balaban J connectivity index is 1.50. The van der Waals surface area contributed by atoms with Crippen LogP contribution in [0.2, 0.25) is 0 Å². The van der Waals surface area contributed by atoms with E-state index in [-0.39, 0.29) is 24.3 Å². The molecule has 0 spiro atoms. The molecule has 1 aromatic heterocycles. The van der Waals surface area contributed by atoms with Crippen molar-refractivity contribution in [2.45, 2.75) is 33.2 Å². The minimum absolute atomic E-state index is 0.0264. The normalized spacial score (nSPS) is 16.8. The van der Waals surface area contributed by atoms with Crippen LogP contribution in [0.5, 0.6) is 0 Å². The Hall–Kier alpha value is -3.35. The number of hydrogen-bond donors (Lipinski definition) is 1. The fraction of sp³-hybridized carbons (Fsp3) is 0.318. The summed E-state index contributed by atoms with van der Waals surface area (Å²) in [6.07, 6.45) is 0.167. The summed E-state index contributed by atoms with van der Waals surface area (Å²) in [4.78, 5) is 38.8. The van der Waals surface area contributed by atoms with Gasteiger partial charge in [-0.05, 0) is 45.0 Å². The van der Waals surface area contributed by atoms with Crippen molar-refractivity contribution in [2.75, 3.05) is 16.8 Å². The topological polar surface area (TPSA) is 84.6 Å². The molecule has 2 heterocycles. The number of fused-ring (bicyclic) bond motifs is 1. The molecule has 2 amide bonds. The first-order valence-corrected chi connectivity index (χ1v) is 9.66. The largest absolute Gasteiger partial charge is 0.420 e. The third-order valence-electron chi connectivity index (χ3n) is 5.24. The van der Waals surface area contributed by atoms with Crippen LogP contribution >= 0.6 is 0 Å². The molecule has 0 bridgehead atoms. The second-order valence-electron chi connectivity index (χ2n) is 7.74. The molecule has 0 aliphatic carbocycles. The second-order valence-corrected chi connectivity index (χ2v) is 7.74. The van der Waals surface area contributed by atoms with Crippen molar-refractivity contribution in [1.29, 1.82) is 0 Å². The second kappa shape index (κ2) is 7.24. The molecule has 7 nitrogen and oxygen atoms in total. The summed E-state index contributed by atoms with van der Waals surface area (Å²) in [5.74, 6) is -1.15. The number of amides is 2. The van der Waals surface area contributed by atoms with Crippen LogP contribution in [0.4, 0.5) is 11.4 Å². The summed E-state index contributed by atoms with van der Waals surface area (Å²) in [5, 5.41) is 2.85. The predicted molar refractivity (Wildman–Crippen MR) is 111 cm³/mol. The molecule has 29 heavy (non-hydrogen) atoms. The van der Waals surface area contributed by atoms with Gasteiger partial charge in [0.2, 0.25) is 11.8 Å². The van der Waals surface area contributed by atoms with Crippen LogP contribution in [-0.4, -0.2) is 22.9 Å². The lowest BCUT2D eigenvalue weighted by Gasteiger charge is -2.17. The van der Waals surface area contributed by atoms with Crippen LogP contribution in [-0.2, 0) is 9.59 Å². The number of anilines is 2. The molecule has 1 fully saturated rings. The van der Waals surface area contributed by atoms with E-state index in [9.17, 15) is 14.4 Å². The number of rotatable bonds is 4. The fourth-order valence-corrected chi connectivity index (χ4v) is 3.70. The highest BCUT2D eigenvalue weighted by Gasteiger charge is 2.35. The highest BCUT2D eigenvalue weighted by atomic mass is 16.4. The number of aryl methyl sites for hydroxylation is 1. The van der Waals surface area contributed by atoms with Crippen molar-refractivity contribution in [3.8, 4) is 0 Å². The molecule has 2 aromatic carbocycles. The zero-order chi connectivity index (χ0) is 20.7. The number of benzene rings is 2. The summed E-state index contributed by atoms with van der Waals surface area (Å²) in [5.41, 5.74) is 3.56. The Morgan fingerprint density at radius 2 is 1.86 bits per heavy atom. The molecular formula is C22H23N3O4. The van der Waals surface area contributed by atoms with Crippen LogP contribution < -0.4 is 16.0 Å². The van der Waals surface area contributed by atoms with E-state index >= 15 is 0 Å². The van der Waals surface area contributed by atoms with Gasteiger partial charge in [-0.3, -0.25) is 14.2 Å². The van der Waals surface area contributed by atoms with Crippen molar-refractivity contribution in [1.82, 2.24) is 4.57 Å². The summed E-state index contributed by atoms with van der Waals surface area (Å²) in [6.45, 7) is 6.14. The quantitative estimate of drug-likeness (QED) is 0.735. The number of nitrogens with one attached hydrogen (secondary N) is 1. The molecule has 1 N–H and O–H groups in total. The maximum atomic E-state index is 12.7. The maximum absolute atomic E-state index is 12.7. The standard InChI is InChI=1S/C22H23N3O4/c1-13(2)25-18-9-6-16(11-19(18)29-22(25)28)23-21(27)15-10-20(26)24(12-15)17-7-4-14(3)5-8-17/h4-9,11,13,15H,10,12H2,1-3H3,(H,23,27)/t15-/m1/s1. The van der Waals surface area contributed by atoms with E-state index in [1.165, 1.54) is 0 Å². The zero-order valence-corrected chi connectivity index (χ0v) is 16.6. The minimum Gasteiger partial charge on any atom is -0.408 e. The van der Waals surface area contributed by atoms with E-state index < -0.39 is 11.7 Å². The third kappa shape index (κ3) is 3.55. The van der Waals surface area contributed by atoms with Gasteiger partial charge in [-0.2, -0.15) is 0 Å². The van der Waals surface area contributed by atoms with Crippen molar-refractivity contribution < 1.29 is 14.0 Å². The van der Waals surface area contributed by atoms with Gasteiger partial charge in [0.1, 0.15) is 0 Å². The van der Waals surface area contributed by atoms with Crippen LogP contribution in [0.3, 0.4) is 0 Å². The van der Waals surface area contributed by atoms with Crippen molar-refractivity contribution in [3.05, 3.63) is 58.6 Å².